The molecule has 6 nitrogen and oxygen atoms in total. The molecule has 0 atom stereocenters. The van der Waals surface area contributed by atoms with Crippen LogP contribution < -0.4 is 16.0 Å². The zero-order chi connectivity index (χ0) is 19.3. The molecule has 1 heterocycles. The quantitative estimate of drug-likeness (QED) is 0.214. The SMILES string of the molecule is CCNC(=NCCc1ccccn1)NCCNC(=O)Cc1cccc(F)c1.I. The van der Waals surface area contributed by atoms with Crippen LogP contribution in [0.2, 0.25) is 0 Å². The summed E-state index contributed by atoms with van der Waals surface area (Å²) in [5.74, 6) is 0.228. The average Bonchev–Trinajstić information content (AvgIpc) is 2.66. The van der Waals surface area contributed by atoms with E-state index in [0.717, 1.165) is 18.7 Å². The van der Waals surface area contributed by atoms with E-state index in [-0.39, 0.29) is 42.1 Å². The summed E-state index contributed by atoms with van der Waals surface area (Å²) in [6.07, 6.45) is 2.70. The van der Waals surface area contributed by atoms with Crippen molar-refractivity contribution in [3.63, 3.8) is 0 Å². The molecule has 0 aliphatic heterocycles. The van der Waals surface area contributed by atoms with Gasteiger partial charge < -0.3 is 16.0 Å². The predicted octanol–water partition coefficient (Wildman–Crippen LogP) is 2.30. The highest BCUT2D eigenvalue weighted by Crippen LogP contribution is 2.03. The molecule has 0 radical (unpaired) electrons. The largest absolute Gasteiger partial charge is 0.357 e. The number of nitrogens with zero attached hydrogens (tertiary/aromatic N) is 2. The number of aliphatic imine (C=N–C) groups is 1. The monoisotopic (exact) mass is 499 g/mol. The second kappa shape index (κ2) is 13.9. The van der Waals surface area contributed by atoms with Crippen molar-refractivity contribution in [2.45, 2.75) is 19.8 Å². The first kappa shape index (κ1) is 23.8. The minimum atomic E-state index is -0.334. The molecule has 0 saturated carbocycles. The van der Waals surface area contributed by atoms with Gasteiger partial charge in [0.25, 0.3) is 0 Å². The van der Waals surface area contributed by atoms with Gasteiger partial charge in [-0.1, -0.05) is 18.2 Å². The Labute approximate surface area is 182 Å². The van der Waals surface area contributed by atoms with Crippen LogP contribution in [0.3, 0.4) is 0 Å². The highest BCUT2D eigenvalue weighted by atomic mass is 127. The van der Waals surface area contributed by atoms with Crippen molar-refractivity contribution in [3.05, 3.63) is 65.7 Å². The molecule has 0 aliphatic carbocycles. The van der Waals surface area contributed by atoms with Crippen LogP contribution >= 0.6 is 24.0 Å². The second-order valence-corrected chi connectivity index (χ2v) is 5.92. The number of hydrogen-bond donors (Lipinski definition) is 3. The highest BCUT2D eigenvalue weighted by Gasteiger charge is 2.04. The number of halogens is 2. The Hall–Kier alpha value is -2.23. The number of amides is 1. The van der Waals surface area contributed by atoms with E-state index in [2.05, 4.69) is 25.9 Å². The fourth-order valence-electron chi connectivity index (χ4n) is 2.45. The Balaban J connectivity index is 0.00000392. The van der Waals surface area contributed by atoms with E-state index < -0.39 is 0 Å². The van der Waals surface area contributed by atoms with E-state index >= 15 is 0 Å². The maximum Gasteiger partial charge on any atom is 0.224 e. The number of carbonyl (C=O) groups excluding carboxylic acids is 1. The number of pyridine rings is 1. The first-order valence-corrected chi connectivity index (χ1v) is 9.10. The number of benzene rings is 1. The van der Waals surface area contributed by atoms with Crippen molar-refractivity contribution < 1.29 is 9.18 Å². The molecule has 0 saturated heterocycles. The number of rotatable bonds is 9. The molecule has 0 fully saturated rings. The molecule has 1 amide bonds. The third-order valence-electron chi connectivity index (χ3n) is 3.70. The van der Waals surface area contributed by atoms with Gasteiger partial charge in [0.1, 0.15) is 5.82 Å². The zero-order valence-electron chi connectivity index (χ0n) is 16.0. The topological polar surface area (TPSA) is 78.4 Å². The van der Waals surface area contributed by atoms with Gasteiger partial charge in [-0.05, 0) is 36.8 Å². The van der Waals surface area contributed by atoms with Gasteiger partial charge in [0, 0.05) is 44.5 Å². The summed E-state index contributed by atoms with van der Waals surface area (Å²) in [4.78, 5) is 20.7. The molecule has 0 bridgehead atoms. The summed E-state index contributed by atoms with van der Waals surface area (Å²) in [5, 5.41) is 9.16. The first-order valence-electron chi connectivity index (χ1n) is 9.10. The molecule has 152 valence electrons. The van der Waals surface area contributed by atoms with Gasteiger partial charge in [0.2, 0.25) is 5.91 Å². The number of hydrogen-bond acceptors (Lipinski definition) is 3. The number of nitrogens with one attached hydrogen (secondary N) is 3. The molecule has 28 heavy (non-hydrogen) atoms. The summed E-state index contributed by atoms with van der Waals surface area (Å²) in [6, 6.07) is 11.9. The molecule has 0 aliphatic rings. The Morgan fingerprint density at radius 1 is 1.11 bits per heavy atom. The summed E-state index contributed by atoms with van der Waals surface area (Å²) in [7, 11) is 0. The van der Waals surface area contributed by atoms with E-state index in [1.807, 2.05) is 25.1 Å². The molecular weight excluding hydrogens is 472 g/mol. The van der Waals surface area contributed by atoms with E-state index in [4.69, 9.17) is 0 Å². The summed E-state index contributed by atoms with van der Waals surface area (Å²) < 4.78 is 13.1. The van der Waals surface area contributed by atoms with E-state index in [1.54, 1.807) is 18.3 Å². The summed E-state index contributed by atoms with van der Waals surface area (Å²) in [5.41, 5.74) is 1.66. The molecule has 3 N–H and O–H groups in total. The molecule has 8 heteroatoms. The summed E-state index contributed by atoms with van der Waals surface area (Å²) in [6.45, 7) is 4.37. The normalized spacial score (nSPS) is 10.7. The fraction of sp³-hybridized carbons (Fsp3) is 0.350. The Kier molecular flexibility index (Phi) is 11.8. The van der Waals surface area contributed by atoms with Gasteiger partial charge in [-0.15, -0.1) is 24.0 Å². The maximum atomic E-state index is 13.1. The predicted molar refractivity (Wildman–Crippen MR) is 120 cm³/mol. The van der Waals surface area contributed by atoms with Crippen LogP contribution in [0.15, 0.2) is 53.7 Å². The molecule has 1 aromatic carbocycles. The lowest BCUT2D eigenvalue weighted by Gasteiger charge is -2.12. The summed E-state index contributed by atoms with van der Waals surface area (Å²) >= 11 is 0. The molecular formula is C20H27FIN5O. The van der Waals surface area contributed by atoms with Gasteiger partial charge in [-0.2, -0.15) is 0 Å². The van der Waals surface area contributed by atoms with Crippen LogP contribution in [-0.4, -0.2) is 43.0 Å². The smallest absolute Gasteiger partial charge is 0.224 e. The molecule has 0 unspecified atom stereocenters. The zero-order valence-corrected chi connectivity index (χ0v) is 18.3. The van der Waals surface area contributed by atoms with Crippen molar-refractivity contribution in [2.24, 2.45) is 4.99 Å². The lowest BCUT2D eigenvalue weighted by atomic mass is 10.1. The molecule has 0 spiro atoms. The van der Waals surface area contributed by atoms with E-state index in [9.17, 15) is 9.18 Å². The lowest BCUT2D eigenvalue weighted by molar-refractivity contribution is -0.120. The van der Waals surface area contributed by atoms with Gasteiger partial charge >= 0.3 is 0 Å². The van der Waals surface area contributed by atoms with E-state index in [1.165, 1.54) is 12.1 Å². The molecule has 2 rings (SSSR count). The molecule has 1 aromatic heterocycles. The van der Waals surface area contributed by atoms with Crippen LogP contribution in [0.5, 0.6) is 0 Å². The lowest BCUT2D eigenvalue weighted by Crippen LogP contribution is -2.41. The Bertz CT molecular complexity index is 742. The highest BCUT2D eigenvalue weighted by molar-refractivity contribution is 14.0. The standard InChI is InChI=1S/C20H26FN5O.HI/c1-2-22-20(25-11-9-18-8-3-4-10-23-18)26-13-12-24-19(27)15-16-6-5-7-17(21)14-16;/h3-8,10,14H,2,9,11-13,15H2,1H3,(H,24,27)(H2,22,25,26);1H. The fourth-order valence-corrected chi connectivity index (χ4v) is 2.45. The average molecular weight is 499 g/mol. The van der Waals surface area contributed by atoms with Gasteiger partial charge in [0.05, 0.1) is 6.42 Å². The van der Waals surface area contributed by atoms with Crippen LogP contribution in [0.1, 0.15) is 18.2 Å². The number of carbonyl (C=O) groups is 1. The van der Waals surface area contributed by atoms with Gasteiger partial charge in [-0.3, -0.25) is 14.8 Å². The van der Waals surface area contributed by atoms with Crippen molar-refractivity contribution in [3.8, 4) is 0 Å². The second-order valence-electron chi connectivity index (χ2n) is 5.92. The Morgan fingerprint density at radius 3 is 2.64 bits per heavy atom. The minimum absolute atomic E-state index is 0. The van der Waals surface area contributed by atoms with Crippen molar-refractivity contribution in [1.82, 2.24) is 20.9 Å². The van der Waals surface area contributed by atoms with E-state index in [0.29, 0.717) is 31.2 Å². The van der Waals surface area contributed by atoms with Crippen LogP contribution in [0.25, 0.3) is 0 Å². The minimum Gasteiger partial charge on any atom is -0.357 e. The maximum absolute atomic E-state index is 13.1. The van der Waals surface area contributed by atoms with Gasteiger partial charge in [0.15, 0.2) is 5.96 Å². The van der Waals surface area contributed by atoms with Crippen molar-refractivity contribution >= 4 is 35.8 Å². The van der Waals surface area contributed by atoms with Crippen LogP contribution in [0, 0.1) is 5.82 Å². The van der Waals surface area contributed by atoms with Crippen LogP contribution in [0.4, 0.5) is 4.39 Å². The number of aromatic nitrogens is 1. The third-order valence-corrected chi connectivity index (χ3v) is 3.70. The first-order chi connectivity index (χ1) is 13.2. The van der Waals surface area contributed by atoms with Crippen LogP contribution in [-0.2, 0) is 17.6 Å². The Morgan fingerprint density at radius 2 is 1.93 bits per heavy atom. The molecule has 2 aromatic rings. The van der Waals surface area contributed by atoms with Crippen molar-refractivity contribution in [2.75, 3.05) is 26.2 Å². The number of guanidine groups is 1. The van der Waals surface area contributed by atoms with Gasteiger partial charge in [-0.25, -0.2) is 4.39 Å². The third kappa shape index (κ3) is 9.63. The van der Waals surface area contributed by atoms with Crippen molar-refractivity contribution in [1.29, 1.82) is 0 Å².